The smallest absolute Gasteiger partial charge is 0.194 e. The van der Waals surface area contributed by atoms with Crippen LogP contribution in [0, 0.1) is 40.9 Å². The predicted molar refractivity (Wildman–Crippen MR) is 103 cm³/mol. The lowest BCUT2D eigenvalue weighted by Crippen LogP contribution is -2.19. The van der Waals surface area contributed by atoms with Crippen molar-refractivity contribution < 1.29 is 22.0 Å². The molecule has 0 spiro atoms. The van der Waals surface area contributed by atoms with Crippen molar-refractivity contribution in [3.63, 3.8) is 0 Å². The summed E-state index contributed by atoms with van der Waals surface area (Å²) in [5.41, 5.74) is 1.31. The quantitative estimate of drug-likeness (QED) is 0.285. The van der Waals surface area contributed by atoms with Crippen molar-refractivity contribution in [2.45, 2.75) is 51.9 Å². The van der Waals surface area contributed by atoms with Crippen LogP contribution >= 0.6 is 0 Å². The number of hydrogen-bond donors (Lipinski definition) is 0. The third-order valence-corrected chi connectivity index (χ3v) is 6.60. The molecular weight excluding hydrogens is 383 g/mol. The van der Waals surface area contributed by atoms with Gasteiger partial charge in [-0.25, -0.2) is 22.0 Å². The summed E-state index contributed by atoms with van der Waals surface area (Å²) in [6.07, 6.45) is 8.63. The van der Waals surface area contributed by atoms with Crippen LogP contribution in [0.15, 0.2) is 29.8 Å². The summed E-state index contributed by atoms with van der Waals surface area (Å²) in [5.74, 6) is -5.08. The zero-order chi connectivity index (χ0) is 20.7. The highest BCUT2D eigenvalue weighted by Crippen LogP contribution is 2.40. The molecule has 154 valence electrons. The van der Waals surface area contributed by atoms with Crippen LogP contribution in [0.3, 0.4) is 0 Å². The van der Waals surface area contributed by atoms with E-state index in [-0.39, 0.29) is 5.56 Å². The van der Waals surface area contributed by atoms with Crippen LogP contribution in [0.25, 0.3) is 11.1 Å². The monoisotopic (exact) mass is 406 g/mol. The molecule has 29 heavy (non-hydrogen) atoms. The van der Waals surface area contributed by atoms with Gasteiger partial charge in [0, 0.05) is 0 Å². The highest BCUT2D eigenvalue weighted by molar-refractivity contribution is 5.67. The van der Waals surface area contributed by atoms with E-state index in [0.717, 1.165) is 18.8 Å². The highest BCUT2D eigenvalue weighted by Gasteiger charge is 2.28. The second kappa shape index (κ2) is 7.92. The van der Waals surface area contributed by atoms with Gasteiger partial charge in [0.1, 0.15) is 11.6 Å². The number of hydrogen-bond acceptors (Lipinski definition) is 0. The fourth-order valence-corrected chi connectivity index (χ4v) is 4.83. The van der Waals surface area contributed by atoms with E-state index in [1.165, 1.54) is 30.9 Å². The van der Waals surface area contributed by atoms with Crippen LogP contribution in [0.2, 0.25) is 0 Å². The number of allylic oxidation sites excluding steroid dienone is 2. The molecule has 1 fully saturated rings. The van der Waals surface area contributed by atoms with Gasteiger partial charge in [-0.05, 0) is 85.3 Å². The lowest BCUT2D eigenvalue weighted by Gasteiger charge is -2.32. The summed E-state index contributed by atoms with van der Waals surface area (Å²) in [6.45, 7) is 2.21. The molecule has 0 radical (unpaired) electrons. The summed E-state index contributed by atoms with van der Waals surface area (Å²) in [4.78, 5) is 0. The summed E-state index contributed by atoms with van der Waals surface area (Å²) in [6, 6.07) is 2.52. The zero-order valence-corrected chi connectivity index (χ0v) is 16.3. The van der Waals surface area contributed by atoms with Crippen LogP contribution in [-0.4, -0.2) is 0 Å². The lowest BCUT2D eigenvalue weighted by atomic mass is 9.74. The zero-order valence-electron chi connectivity index (χ0n) is 16.3. The Hall–Kier alpha value is -2.17. The first-order valence-electron chi connectivity index (χ1n) is 10.2. The summed E-state index contributed by atoms with van der Waals surface area (Å²) in [7, 11) is 0. The molecule has 2 aromatic rings. The Morgan fingerprint density at radius 3 is 2.10 bits per heavy atom. The van der Waals surface area contributed by atoms with E-state index in [9.17, 15) is 17.6 Å². The Morgan fingerprint density at radius 2 is 1.48 bits per heavy atom. The first-order chi connectivity index (χ1) is 13.9. The fraction of sp³-hybridized carbons (Fsp3) is 0.417. The molecule has 0 saturated heterocycles. The van der Waals surface area contributed by atoms with E-state index in [2.05, 4.69) is 6.92 Å². The van der Waals surface area contributed by atoms with Crippen molar-refractivity contribution in [3.05, 3.63) is 70.1 Å². The Morgan fingerprint density at radius 1 is 0.828 bits per heavy atom. The Bertz CT molecular complexity index is 945. The minimum atomic E-state index is -1.65. The van der Waals surface area contributed by atoms with Gasteiger partial charge < -0.3 is 0 Å². The van der Waals surface area contributed by atoms with Crippen molar-refractivity contribution in [2.75, 3.05) is 0 Å². The number of rotatable bonds is 3. The third-order valence-electron chi connectivity index (χ3n) is 6.60. The molecule has 0 heterocycles. The van der Waals surface area contributed by atoms with E-state index >= 15 is 4.39 Å². The van der Waals surface area contributed by atoms with E-state index in [0.29, 0.717) is 42.0 Å². The first-order valence-corrected chi connectivity index (χ1v) is 10.2. The molecular formula is C24H23F5. The molecule has 0 aromatic heterocycles. The van der Waals surface area contributed by atoms with Gasteiger partial charge in [0.05, 0.1) is 5.56 Å². The van der Waals surface area contributed by atoms with E-state index in [1.54, 1.807) is 0 Å². The van der Waals surface area contributed by atoms with Crippen LogP contribution in [0.1, 0.15) is 50.2 Å². The topological polar surface area (TPSA) is 0 Å². The Balaban J connectivity index is 1.64. The molecule has 4 rings (SSSR count). The number of benzene rings is 2. The molecule has 0 N–H and O–H groups in total. The molecule has 0 atom stereocenters. The maximum absolute atomic E-state index is 15.1. The number of fused-ring (bicyclic) bond motifs is 1. The van der Waals surface area contributed by atoms with Crippen LogP contribution in [0.4, 0.5) is 22.0 Å². The molecule has 1 saturated carbocycles. The van der Waals surface area contributed by atoms with Gasteiger partial charge in [-0.3, -0.25) is 0 Å². The SMILES string of the molecule is CCC1CCC(C2=CCc3c(cc(F)c(-c4cc(F)c(F)c(F)c4)c3F)C2)CC1. The maximum atomic E-state index is 15.1. The van der Waals surface area contributed by atoms with Gasteiger partial charge in [0.25, 0.3) is 0 Å². The maximum Gasteiger partial charge on any atom is 0.194 e. The highest BCUT2D eigenvalue weighted by atomic mass is 19.2. The van der Waals surface area contributed by atoms with Crippen LogP contribution < -0.4 is 0 Å². The van der Waals surface area contributed by atoms with Crippen molar-refractivity contribution in [1.82, 2.24) is 0 Å². The fourth-order valence-electron chi connectivity index (χ4n) is 4.83. The molecule has 5 heteroatoms. The second-order valence-electron chi connectivity index (χ2n) is 8.22. The average molecular weight is 406 g/mol. The van der Waals surface area contributed by atoms with Gasteiger partial charge in [-0.15, -0.1) is 0 Å². The molecule has 0 aliphatic heterocycles. The van der Waals surface area contributed by atoms with Crippen LogP contribution in [0.5, 0.6) is 0 Å². The number of halogens is 5. The summed E-state index contributed by atoms with van der Waals surface area (Å²) in [5, 5.41) is 0. The summed E-state index contributed by atoms with van der Waals surface area (Å²) < 4.78 is 70.2. The van der Waals surface area contributed by atoms with Crippen molar-refractivity contribution in [1.29, 1.82) is 0 Å². The third kappa shape index (κ3) is 3.72. The molecule has 0 nitrogen and oxygen atoms in total. The van der Waals surface area contributed by atoms with E-state index in [4.69, 9.17) is 0 Å². The Kier molecular flexibility index (Phi) is 5.50. The molecule has 0 bridgehead atoms. The standard InChI is InChI=1S/C24H23F5/c1-2-13-3-5-14(6-4-13)15-7-8-18-16(9-15)10-19(25)22(23(18)28)17-11-20(26)24(29)21(27)12-17/h7,10-14H,2-6,8-9H2,1H3. The lowest BCUT2D eigenvalue weighted by molar-refractivity contribution is 0.292. The normalized spacial score (nSPS) is 21.7. The summed E-state index contributed by atoms with van der Waals surface area (Å²) >= 11 is 0. The molecule has 0 unspecified atom stereocenters. The molecule has 0 amide bonds. The second-order valence-corrected chi connectivity index (χ2v) is 8.22. The van der Waals surface area contributed by atoms with Crippen molar-refractivity contribution >= 4 is 0 Å². The van der Waals surface area contributed by atoms with Gasteiger partial charge in [0.15, 0.2) is 17.5 Å². The van der Waals surface area contributed by atoms with E-state index < -0.39 is 34.6 Å². The largest absolute Gasteiger partial charge is 0.206 e. The Labute approximate surface area is 167 Å². The van der Waals surface area contributed by atoms with Crippen LogP contribution in [-0.2, 0) is 12.8 Å². The molecule has 2 aromatic carbocycles. The predicted octanol–water partition coefficient (Wildman–Crippen LogP) is 7.29. The minimum absolute atomic E-state index is 0.323. The van der Waals surface area contributed by atoms with Gasteiger partial charge in [0.2, 0.25) is 0 Å². The molecule has 2 aliphatic rings. The van der Waals surface area contributed by atoms with Gasteiger partial charge in [-0.2, -0.15) is 0 Å². The van der Waals surface area contributed by atoms with Gasteiger partial charge >= 0.3 is 0 Å². The van der Waals surface area contributed by atoms with Crippen molar-refractivity contribution in [3.8, 4) is 11.1 Å². The minimum Gasteiger partial charge on any atom is -0.206 e. The van der Waals surface area contributed by atoms with E-state index in [1.807, 2.05) is 6.08 Å². The molecule has 2 aliphatic carbocycles. The van der Waals surface area contributed by atoms with Crippen molar-refractivity contribution in [2.24, 2.45) is 11.8 Å². The first kappa shape index (κ1) is 20.1. The van der Waals surface area contributed by atoms with Gasteiger partial charge in [-0.1, -0.05) is 25.0 Å². The average Bonchev–Trinajstić information content (AvgIpc) is 2.71.